The SMILES string of the molecule is Cc1cccc([C@@H](NC(=O)c2ccnc(C(C)C)n2)C2CC2)n1. The maximum Gasteiger partial charge on any atom is 0.270 e. The van der Waals surface area contributed by atoms with Gasteiger partial charge in [0.15, 0.2) is 0 Å². The van der Waals surface area contributed by atoms with Crippen molar-refractivity contribution in [2.24, 2.45) is 5.92 Å². The summed E-state index contributed by atoms with van der Waals surface area (Å²) in [5.74, 6) is 1.20. The number of hydrogen-bond acceptors (Lipinski definition) is 4. The Morgan fingerprint density at radius 2 is 2.00 bits per heavy atom. The number of carbonyl (C=O) groups excluding carboxylic acids is 1. The quantitative estimate of drug-likeness (QED) is 0.921. The lowest BCUT2D eigenvalue weighted by atomic mass is 10.1. The summed E-state index contributed by atoms with van der Waals surface area (Å²) >= 11 is 0. The summed E-state index contributed by atoms with van der Waals surface area (Å²) in [4.78, 5) is 25.8. The van der Waals surface area contributed by atoms with Gasteiger partial charge in [-0.2, -0.15) is 0 Å². The van der Waals surface area contributed by atoms with Gasteiger partial charge in [0.1, 0.15) is 11.5 Å². The predicted octanol–water partition coefficient (Wildman–Crippen LogP) is 3.18. The molecule has 0 bridgehead atoms. The summed E-state index contributed by atoms with van der Waals surface area (Å²) in [6.45, 7) is 6.00. The van der Waals surface area contributed by atoms with Crippen molar-refractivity contribution in [3.63, 3.8) is 0 Å². The molecule has 1 aliphatic carbocycles. The lowest BCUT2D eigenvalue weighted by molar-refractivity contribution is 0.0925. The first-order valence-corrected chi connectivity index (χ1v) is 8.12. The van der Waals surface area contributed by atoms with Crippen molar-refractivity contribution in [3.05, 3.63) is 53.4 Å². The first kappa shape index (κ1) is 15.6. The normalized spacial score (nSPS) is 15.5. The minimum atomic E-state index is -0.158. The molecule has 3 rings (SSSR count). The smallest absolute Gasteiger partial charge is 0.270 e. The van der Waals surface area contributed by atoms with Crippen LogP contribution in [0.1, 0.15) is 66.3 Å². The molecule has 0 spiro atoms. The highest BCUT2D eigenvalue weighted by Crippen LogP contribution is 2.40. The minimum Gasteiger partial charge on any atom is -0.342 e. The van der Waals surface area contributed by atoms with E-state index in [-0.39, 0.29) is 17.9 Å². The lowest BCUT2D eigenvalue weighted by Gasteiger charge is -2.18. The summed E-state index contributed by atoms with van der Waals surface area (Å²) in [5, 5.41) is 3.11. The van der Waals surface area contributed by atoms with Crippen LogP contribution in [0, 0.1) is 12.8 Å². The fourth-order valence-corrected chi connectivity index (χ4v) is 2.59. The van der Waals surface area contributed by atoms with E-state index >= 15 is 0 Å². The van der Waals surface area contributed by atoms with E-state index in [1.165, 1.54) is 0 Å². The van der Waals surface area contributed by atoms with Crippen molar-refractivity contribution in [2.45, 2.75) is 45.6 Å². The van der Waals surface area contributed by atoms with Gasteiger partial charge in [0.2, 0.25) is 0 Å². The van der Waals surface area contributed by atoms with Crippen LogP contribution < -0.4 is 5.32 Å². The van der Waals surface area contributed by atoms with Crippen LogP contribution in [0.2, 0.25) is 0 Å². The number of amides is 1. The second kappa shape index (κ2) is 6.44. The summed E-state index contributed by atoms with van der Waals surface area (Å²) in [6.07, 6.45) is 3.90. The molecule has 1 N–H and O–H groups in total. The van der Waals surface area contributed by atoms with Gasteiger partial charge in [-0.05, 0) is 43.9 Å². The van der Waals surface area contributed by atoms with Crippen molar-refractivity contribution < 1.29 is 4.79 Å². The van der Waals surface area contributed by atoms with Crippen molar-refractivity contribution in [2.75, 3.05) is 0 Å². The van der Waals surface area contributed by atoms with Gasteiger partial charge in [-0.15, -0.1) is 0 Å². The van der Waals surface area contributed by atoms with E-state index in [9.17, 15) is 4.79 Å². The van der Waals surface area contributed by atoms with Gasteiger partial charge in [0.05, 0.1) is 11.7 Å². The van der Waals surface area contributed by atoms with Crippen LogP contribution in [0.3, 0.4) is 0 Å². The maximum absolute atomic E-state index is 12.6. The highest BCUT2D eigenvalue weighted by atomic mass is 16.2. The third-order valence-corrected chi connectivity index (χ3v) is 4.03. The zero-order chi connectivity index (χ0) is 16.4. The molecular weight excluding hydrogens is 288 g/mol. The zero-order valence-electron chi connectivity index (χ0n) is 13.8. The molecule has 1 atom stereocenters. The number of nitrogens with one attached hydrogen (secondary N) is 1. The third kappa shape index (κ3) is 3.73. The second-order valence-electron chi connectivity index (χ2n) is 6.45. The fourth-order valence-electron chi connectivity index (χ4n) is 2.59. The summed E-state index contributed by atoms with van der Waals surface area (Å²) in [5.41, 5.74) is 2.31. The van der Waals surface area contributed by atoms with Gasteiger partial charge >= 0.3 is 0 Å². The van der Waals surface area contributed by atoms with E-state index in [2.05, 4.69) is 20.3 Å². The first-order chi connectivity index (χ1) is 11.0. The highest BCUT2D eigenvalue weighted by molar-refractivity contribution is 5.92. The second-order valence-corrected chi connectivity index (χ2v) is 6.45. The Labute approximate surface area is 136 Å². The van der Waals surface area contributed by atoms with E-state index in [1.54, 1.807) is 12.3 Å². The number of nitrogens with zero attached hydrogens (tertiary/aromatic N) is 3. The van der Waals surface area contributed by atoms with E-state index in [1.807, 2.05) is 39.0 Å². The van der Waals surface area contributed by atoms with Gasteiger partial charge in [0, 0.05) is 17.8 Å². The Balaban J connectivity index is 1.80. The molecule has 0 saturated heterocycles. The average Bonchev–Trinajstić information content (AvgIpc) is 3.37. The largest absolute Gasteiger partial charge is 0.342 e. The highest BCUT2D eigenvalue weighted by Gasteiger charge is 2.34. The van der Waals surface area contributed by atoms with Gasteiger partial charge < -0.3 is 5.32 Å². The molecule has 2 aromatic rings. The van der Waals surface area contributed by atoms with Gasteiger partial charge in [-0.25, -0.2) is 9.97 Å². The zero-order valence-corrected chi connectivity index (χ0v) is 13.8. The van der Waals surface area contributed by atoms with Crippen molar-refractivity contribution >= 4 is 5.91 Å². The average molecular weight is 310 g/mol. The van der Waals surface area contributed by atoms with Crippen LogP contribution in [0.4, 0.5) is 0 Å². The summed E-state index contributed by atoms with van der Waals surface area (Å²) in [7, 11) is 0. The predicted molar refractivity (Wildman–Crippen MR) is 88.0 cm³/mol. The van der Waals surface area contributed by atoms with Crippen molar-refractivity contribution in [1.29, 1.82) is 0 Å². The molecule has 0 radical (unpaired) electrons. The monoisotopic (exact) mass is 310 g/mol. The number of carbonyl (C=O) groups is 1. The minimum absolute atomic E-state index is 0.0418. The summed E-state index contributed by atoms with van der Waals surface area (Å²) < 4.78 is 0. The Kier molecular flexibility index (Phi) is 4.37. The molecule has 2 heterocycles. The molecule has 2 aromatic heterocycles. The molecule has 0 unspecified atom stereocenters. The number of aryl methyl sites for hydroxylation is 1. The Bertz CT molecular complexity index is 710. The Morgan fingerprint density at radius 3 is 2.65 bits per heavy atom. The molecule has 0 aliphatic heterocycles. The van der Waals surface area contributed by atoms with Crippen LogP contribution in [-0.2, 0) is 0 Å². The molecule has 120 valence electrons. The Hall–Kier alpha value is -2.30. The third-order valence-electron chi connectivity index (χ3n) is 4.03. The standard InChI is InChI=1S/C18H22N4O/c1-11(2)17-19-10-9-15(21-17)18(23)22-16(13-7-8-13)14-6-4-5-12(3)20-14/h4-6,9-11,13,16H,7-8H2,1-3H3,(H,22,23)/t16-/m0/s1. The van der Waals surface area contributed by atoms with Gasteiger partial charge in [-0.3, -0.25) is 9.78 Å². The number of hydrogen-bond donors (Lipinski definition) is 1. The van der Waals surface area contributed by atoms with Crippen LogP contribution in [-0.4, -0.2) is 20.9 Å². The molecule has 1 fully saturated rings. The van der Waals surface area contributed by atoms with E-state index in [4.69, 9.17) is 0 Å². The fraction of sp³-hybridized carbons (Fsp3) is 0.444. The number of aromatic nitrogens is 3. The van der Waals surface area contributed by atoms with Crippen LogP contribution in [0.5, 0.6) is 0 Å². The molecule has 5 nitrogen and oxygen atoms in total. The molecule has 1 aliphatic rings. The van der Waals surface area contributed by atoms with E-state index in [0.29, 0.717) is 17.4 Å². The van der Waals surface area contributed by atoms with E-state index in [0.717, 1.165) is 24.2 Å². The van der Waals surface area contributed by atoms with Gasteiger partial charge in [0.25, 0.3) is 5.91 Å². The lowest BCUT2D eigenvalue weighted by Crippen LogP contribution is -2.31. The van der Waals surface area contributed by atoms with Gasteiger partial charge in [-0.1, -0.05) is 19.9 Å². The molecule has 1 amide bonds. The first-order valence-electron chi connectivity index (χ1n) is 8.12. The summed E-state index contributed by atoms with van der Waals surface area (Å²) in [6, 6.07) is 7.56. The van der Waals surface area contributed by atoms with E-state index < -0.39 is 0 Å². The number of pyridine rings is 1. The Morgan fingerprint density at radius 1 is 1.22 bits per heavy atom. The molecule has 1 saturated carbocycles. The van der Waals surface area contributed by atoms with Crippen molar-refractivity contribution in [1.82, 2.24) is 20.3 Å². The van der Waals surface area contributed by atoms with Crippen LogP contribution in [0.15, 0.2) is 30.5 Å². The molecular formula is C18H22N4O. The molecule has 23 heavy (non-hydrogen) atoms. The van der Waals surface area contributed by atoms with Crippen LogP contribution in [0.25, 0.3) is 0 Å². The molecule has 0 aromatic carbocycles. The van der Waals surface area contributed by atoms with Crippen molar-refractivity contribution in [3.8, 4) is 0 Å². The molecule has 5 heteroatoms. The van der Waals surface area contributed by atoms with Crippen LogP contribution >= 0.6 is 0 Å². The maximum atomic E-state index is 12.6. The topological polar surface area (TPSA) is 67.8 Å². The number of rotatable bonds is 5.